The number of ether oxygens (including phenoxy) is 1. The molecule has 1 aliphatic heterocycles. The first-order valence-corrected chi connectivity index (χ1v) is 7.49. The van der Waals surface area contributed by atoms with Crippen LogP contribution in [-0.2, 0) is 11.2 Å². The van der Waals surface area contributed by atoms with Gasteiger partial charge in [0.05, 0.1) is 12.1 Å². The molecule has 114 valence electrons. The highest BCUT2D eigenvalue weighted by molar-refractivity contribution is 5.77. The number of rotatable bonds is 4. The zero-order chi connectivity index (χ0) is 15.5. The van der Waals surface area contributed by atoms with Crippen molar-refractivity contribution in [2.45, 2.75) is 26.4 Å². The summed E-state index contributed by atoms with van der Waals surface area (Å²) in [6.07, 6.45) is 4.19. The van der Waals surface area contributed by atoms with E-state index in [1.54, 1.807) is 18.5 Å². The number of benzene rings is 1. The molecule has 5 heteroatoms. The van der Waals surface area contributed by atoms with E-state index in [2.05, 4.69) is 15.3 Å². The molecule has 2 heterocycles. The lowest BCUT2D eigenvalue weighted by Crippen LogP contribution is -2.36. The Morgan fingerprint density at radius 3 is 2.82 bits per heavy atom. The van der Waals surface area contributed by atoms with Crippen molar-refractivity contribution in [2.24, 2.45) is 5.92 Å². The Balaban J connectivity index is 1.75. The van der Waals surface area contributed by atoms with Gasteiger partial charge in [-0.2, -0.15) is 0 Å². The summed E-state index contributed by atoms with van der Waals surface area (Å²) in [6.45, 7) is 4.27. The number of fused-ring (bicyclic) bond motifs is 1. The summed E-state index contributed by atoms with van der Waals surface area (Å²) >= 11 is 0. The number of nitrogens with zero attached hydrogens (tertiary/aromatic N) is 2. The fourth-order valence-corrected chi connectivity index (χ4v) is 2.49. The highest BCUT2D eigenvalue weighted by atomic mass is 16.5. The minimum atomic E-state index is -0.0393. The van der Waals surface area contributed by atoms with Crippen LogP contribution in [0.5, 0.6) is 5.75 Å². The van der Waals surface area contributed by atoms with Crippen LogP contribution in [0.25, 0.3) is 11.4 Å². The Morgan fingerprint density at radius 1 is 1.32 bits per heavy atom. The summed E-state index contributed by atoms with van der Waals surface area (Å²) in [6, 6.07) is 7.79. The minimum Gasteiger partial charge on any atom is -0.487 e. The molecule has 0 spiro atoms. The van der Waals surface area contributed by atoms with Gasteiger partial charge in [-0.05, 0) is 17.7 Å². The lowest BCUT2D eigenvalue weighted by Gasteiger charge is -2.14. The molecule has 0 fully saturated rings. The zero-order valence-electron chi connectivity index (χ0n) is 12.7. The summed E-state index contributed by atoms with van der Waals surface area (Å²) < 4.78 is 6.03. The van der Waals surface area contributed by atoms with Gasteiger partial charge in [-0.15, -0.1) is 0 Å². The molecule has 22 heavy (non-hydrogen) atoms. The Bertz CT molecular complexity index is 671. The van der Waals surface area contributed by atoms with Crippen molar-refractivity contribution in [3.63, 3.8) is 0 Å². The van der Waals surface area contributed by atoms with Gasteiger partial charge < -0.3 is 10.1 Å². The van der Waals surface area contributed by atoms with Crippen molar-refractivity contribution < 1.29 is 9.53 Å². The number of carbonyl (C=O) groups excluding carboxylic acids is 1. The van der Waals surface area contributed by atoms with Crippen LogP contribution in [0, 0.1) is 5.92 Å². The largest absolute Gasteiger partial charge is 0.487 e. The molecule has 2 aromatic rings. The van der Waals surface area contributed by atoms with E-state index in [9.17, 15) is 4.79 Å². The van der Waals surface area contributed by atoms with Crippen LogP contribution in [0.15, 0.2) is 36.7 Å². The monoisotopic (exact) mass is 297 g/mol. The molecule has 1 aromatic heterocycles. The predicted molar refractivity (Wildman–Crippen MR) is 83.4 cm³/mol. The maximum Gasteiger partial charge on any atom is 0.222 e. The summed E-state index contributed by atoms with van der Waals surface area (Å²) in [5.41, 5.74) is 2.03. The number of amides is 1. The second kappa shape index (κ2) is 6.13. The van der Waals surface area contributed by atoms with E-state index >= 15 is 0 Å². The van der Waals surface area contributed by atoms with Gasteiger partial charge in [-0.3, -0.25) is 4.79 Å². The number of carbonyl (C=O) groups is 1. The second-order valence-corrected chi connectivity index (χ2v) is 5.71. The van der Waals surface area contributed by atoms with Crippen LogP contribution in [0.4, 0.5) is 0 Å². The number of aromatic nitrogens is 2. The fourth-order valence-electron chi connectivity index (χ4n) is 2.49. The smallest absolute Gasteiger partial charge is 0.222 e. The average Bonchev–Trinajstić information content (AvgIpc) is 2.96. The van der Waals surface area contributed by atoms with Gasteiger partial charge in [-0.1, -0.05) is 26.0 Å². The minimum absolute atomic E-state index is 0.0166. The Morgan fingerprint density at radius 2 is 2.09 bits per heavy atom. The molecule has 0 saturated heterocycles. The zero-order valence-corrected chi connectivity index (χ0v) is 12.7. The average molecular weight is 297 g/mol. The number of hydrogen-bond donors (Lipinski definition) is 1. The van der Waals surface area contributed by atoms with Gasteiger partial charge >= 0.3 is 0 Å². The van der Waals surface area contributed by atoms with Gasteiger partial charge in [0.15, 0.2) is 5.82 Å². The SMILES string of the molecule is CC(C)C(=O)NC[C@@H]1Cc2cccc(-c3ncccn3)c2O1. The molecule has 0 unspecified atom stereocenters. The third-order valence-corrected chi connectivity index (χ3v) is 3.66. The maximum atomic E-state index is 11.7. The molecule has 1 N–H and O–H groups in total. The second-order valence-electron chi connectivity index (χ2n) is 5.71. The van der Waals surface area contributed by atoms with Crippen LogP contribution >= 0.6 is 0 Å². The van der Waals surface area contributed by atoms with Gasteiger partial charge in [0.2, 0.25) is 5.91 Å². The molecule has 1 aliphatic rings. The first-order valence-electron chi connectivity index (χ1n) is 7.49. The van der Waals surface area contributed by atoms with Crippen molar-refractivity contribution in [3.8, 4) is 17.1 Å². The molecule has 0 aliphatic carbocycles. The molecule has 5 nitrogen and oxygen atoms in total. The third-order valence-electron chi connectivity index (χ3n) is 3.66. The molecule has 1 amide bonds. The molecule has 0 saturated carbocycles. The van der Waals surface area contributed by atoms with Crippen molar-refractivity contribution in [1.29, 1.82) is 0 Å². The summed E-state index contributed by atoms with van der Waals surface area (Å²) in [7, 11) is 0. The van der Waals surface area contributed by atoms with Gasteiger partial charge in [0.1, 0.15) is 11.9 Å². The summed E-state index contributed by atoms with van der Waals surface area (Å²) in [5.74, 6) is 1.52. The van der Waals surface area contributed by atoms with Crippen molar-refractivity contribution in [3.05, 3.63) is 42.2 Å². The quantitative estimate of drug-likeness (QED) is 0.940. The van der Waals surface area contributed by atoms with Crippen molar-refractivity contribution in [2.75, 3.05) is 6.54 Å². The number of para-hydroxylation sites is 1. The Labute approximate surface area is 129 Å². The van der Waals surface area contributed by atoms with E-state index in [4.69, 9.17) is 4.74 Å². The molecule has 1 aromatic carbocycles. The van der Waals surface area contributed by atoms with Gasteiger partial charge in [0, 0.05) is 24.7 Å². The highest BCUT2D eigenvalue weighted by Crippen LogP contribution is 2.37. The predicted octanol–water partition coefficient (Wildman–Crippen LogP) is 2.22. The van der Waals surface area contributed by atoms with Crippen molar-refractivity contribution >= 4 is 5.91 Å². The van der Waals surface area contributed by atoms with Gasteiger partial charge in [-0.25, -0.2) is 9.97 Å². The number of nitrogens with one attached hydrogen (secondary N) is 1. The lowest BCUT2D eigenvalue weighted by molar-refractivity contribution is -0.124. The van der Waals surface area contributed by atoms with E-state index in [0.29, 0.717) is 12.4 Å². The Kier molecular flexibility index (Phi) is 4.04. The molecular weight excluding hydrogens is 278 g/mol. The molecule has 0 radical (unpaired) electrons. The van der Waals surface area contributed by atoms with E-state index in [0.717, 1.165) is 23.3 Å². The van der Waals surface area contributed by atoms with E-state index in [1.165, 1.54) is 0 Å². The van der Waals surface area contributed by atoms with E-state index < -0.39 is 0 Å². The van der Waals surface area contributed by atoms with Crippen LogP contribution in [-0.4, -0.2) is 28.5 Å². The maximum absolute atomic E-state index is 11.7. The standard InChI is InChI=1S/C17H19N3O2/c1-11(2)17(21)20-10-13-9-12-5-3-6-14(15(12)22-13)16-18-7-4-8-19-16/h3-8,11,13H,9-10H2,1-2H3,(H,20,21)/t13-/m0/s1. The summed E-state index contributed by atoms with van der Waals surface area (Å²) in [5, 5.41) is 2.92. The molecule has 1 atom stereocenters. The van der Waals surface area contributed by atoms with Crippen LogP contribution < -0.4 is 10.1 Å². The molecular formula is C17H19N3O2. The first-order chi connectivity index (χ1) is 10.6. The van der Waals surface area contributed by atoms with E-state index in [-0.39, 0.29) is 17.9 Å². The van der Waals surface area contributed by atoms with Crippen molar-refractivity contribution in [1.82, 2.24) is 15.3 Å². The normalized spacial score (nSPS) is 16.2. The lowest BCUT2D eigenvalue weighted by atomic mass is 10.1. The topological polar surface area (TPSA) is 64.1 Å². The van der Waals surface area contributed by atoms with Crippen LogP contribution in [0.3, 0.4) is 0 Å². The molecule has 0 bridgehead atoms. The fraction of sp³-hybridized carbons (Fsp3) is 0.353. The third kappa shape index (κ3) is 2.93. The Hall–Kier alpha value is -2.43. The van der Waals surface area contributed by atoms with Gasteiger partial charge in [0.25, 0.3) is 0 Å². The summed E-state index contributed by atoms with van der Waals surface area (Å²) in [4.78, 5) is 20.3. The molecule has 3 rings (SSSR count). The van der Waals surface area contributed by atoms with Crippen LogP contribution in [0.1, 0.15) is 19.4 Å². The number of hydrogen-bond acceptors (Lipinski definition) is 4. The highest BCUT2D eigenvalue weighted by Gasteiger charge is 2.26. The van der Waals surface area contributed by atoms with E-state index in [1.807, 2.05) is 32.0 Å². The van der Waals surface area contributed by atoms with Crippen LogP contribution in [0.2, 0.25) is 0 Å². The first kappa shape index (κ1) is 14.5.